The highest BCUT2D eigenvalue weighted by Crippen LogP contribution is 2.28. The molecular weight excluding hydrogens is 296 g/mol. The monoisotopic (exact) mass is 312 g/mol. The van der Waals surface area contributed by atoms with E-state index in [2.05, 4.69) is 26.2 Å². The number of halogens is 1. The summed E-state index contributed by atoms with van der Waals surface area (Å²) in [6, 6.07) is 1.53. The molecule has 0 radical (unpaired) electrons. The van der Waals surface area contributed by atoms with Gasteiger partial charge >= 0.3 is 0 Å². The molecule has 1 fully saturated rings. The first-order valence-corrected chi connectivity index (χ1v) is 7.13. The van der Waals surface area contributed by atoms with Crippen LogP contribution >= 0.6 is 15.9 Å². The van der Waals surface area contributed by atoms with Crippen molar-refractivity contribution in [3.8, 4) is 5.75 Å². The average Bonchev–Trinajstić information content (AvgIpc) is 2.37. The molecule has 2 unspecified atom stereocenters. The molecule has 18 heavy (non-hydrogen) atoms. The summed E-state index contributed by atoms with van der Waals surface area (Å²) in [5.74, 6) is 0.222. The summed E-state index contributed by atoms with van der Waals surface area (Å²) >= 11 is 3.63. The van der Waals surface area contributed by atoms with Gasteiger partial charge in [-0.05, 0) is 31.2 Å². The molecular formula is C13H17BrN2O2. The van der Waals surface area contributed by atoms with Gasteiger partial charge in [-0.15, -0.1) is 0 Å². The van der Waals surface area contributed by atoms with Crippen LogP contribution in [0.4, 0.5) is 0 Å². The summed E-state index contributed by atoms with van der Waals surface area (Å²) in [5, 5.41) is 12.4. The van der Waals surface area contributed by atoms with E-state index in [1.54, 1.807) is 0 Å². The molecule has 1 amide bonds. The van der Waals surface area contributed by atoms with E-state index < -0.39 is 0 Å². The Hall–Kier alpha value is -1.10. The molecule has 1 heterocycles. The van der Waals surface area contributed by atoms with Crippen LogP contribution in [-0.2, 0) is 0 Å². The zero-order valence-electron chi connectivity index (χ0n) is 10.1. The molecule has 1 aromatic heterocycles. The fourth-order valence-electron chi connectivity index (χ4n) is 2.32. The summed E-state index contributed by atoms with van der Waals surface area (Å²) in [5.41, 5.74) is 0.288. The first-order chi connectivity index (χ1) is 8.66. The minimum atomic E-state index is -0.230. The normalized spacial score (nSPS) is 23.6. The van der Waals surface area contributed by atoms with Crippen molar-refractivity contribution in [2.24, 2.45) is 5.92 Å². The summed E-state index contributed by atoms with van der Waals surface area (Å²) in [6.45, 7) is 0.669. The molecule has 5 heteroatoms. The first kappa shape index (κ1) is 13.3. The number of hydrogen-bond donors (Lipinski definition) is 2. The highest BCUT2D eigenvalue weighted by molar-refractivity contribution is 9.09. The number of amides is 1. The lowest BCUT2D eigenvalue weighted by atomic mass is 9.89. The average molecular weight is 313 g/mol. The maximum absolute atomic E-state index is 11.9. The van der Waals surface area contributed by atoms with Crippen LogP contribution in [0.3, 0.4) is 0 Å². The van der Waals surface area contributed by atoms with Crippen molar-refractivity contribution in [3.63, 3.8) is 0 Å². The summed E-state index contributed by atoms with van der Waals surface area (Å²) in [7, 11) is 0. The fraction of sp³-hybridized carbons (Fsp3) is 0.538. The van der Waals surface area contributed by atoms with Crippen molar-refractivity contribution in [2.75, 3.05) is 6.54 Å². The van der Waals surface area contributed by atoms with E-state index in [-0.39, 0.29) is 17.2 Å². The number of pyridine rings is 1. The third-order valence-corrected chi connectivity index (χ3v) is 4.15. The topological polar surface area (TPSA) is 62.2 Å². The quantitative estimate of drug-likeness (QED) is 0.843. The SMILES string of the molecule is O=C(NCC1CCCC(Br)C1)c1ccncc1O. The Kier molecular flexibility index (Phi) is 4.58. The molecule has 2 atom stereocenters. The van der Waals surface area contributed by atoms with Gasteiger partial charge in [-0.2, -0.15) is 0 Å². The van der Waals surface area contributed by atoms with Crippen LogP contribution in [-0.4, -0.2) is 27.4 Å². The molecule has 0 aliphatic heterocycles. The summed E-state index contributed by atoms with van der Waals surface area (Å²) in [6.07, 6.45) is 7.47. The van der Waals surface area contributed by atoms with Gasteiger partial charge in [0.1, 0.15) is 5.75 Å². The van der Waals surface area contributed by atoms with Crippen LogP contribution in [0.5, 0.6) is 5.75 Å². The van der Waals surface area contributed by atoms with E-state index in [9.17, 15) is 9.90 Å². The van der Waals surface area contributed by atoms with Gasteiger partial charge in [-0.1, -0.05) is 22.4 Å². The molecule has 0 saturated heterocycles. The molecule has 1 saturated carbocycles. The molecule has 2 N–H and O–H groups in total. The maximum atomic E-state index is 11.9. The number of carbonyl (C=O) groups excluding carboxylic acids is 1. The highest BCUT2D eigenvalue weighted by Gasteiger charge is 2.21. The van der Waals surface area contributed by atoms with Gasteiger partial charge < -0.3 is 10.4 Å². The highest BCUT2D eigenvalue weighted by atomic mass is 79.9. The predicted octanol–water partition coefficient (Wildman–Crippen LogP) is 2.47. The van der Waals surface area contributed by atoms with E-state index in [1.165, 1.54) is 31.3 Å². The van der Waals surface area contributed by atoms with Gasteiger partial charge in [0.25, 0.3) is 5.91 Å². The Morgan fingerprint density at radius 1 is 1.56 bits per heavy atom. The molecule has 4 nitrogen and oxygen atoms in total. The molecule has 1 aliphatic carbocycles. The number of alkyl halides is 1. The number of nitrogens with zero attached hydrogens (tertiary/aromatic N) is 1. The zero-order chi connectivity index (χ0) is 13.0. The zero-order valence-corrected chi connectivity index (χ0v) is 11.7. The number of nitrogens with one attached hydrogen (secondary N) is 1. The van der Waals surface area contributed by atoms with Gasteiger partial charge in [0, 0.05) is 17.6 Å². The van der Waals surface area contributed by atoms with E-state index >= 15 is 0 Å². The van der Waals surface area contributed by atoms with Crippen LogP contribution in [0.1, 0.15) is 36.0 Å². The minimum absolute atomic E-state index is 0.0722. The van der Waals surface area contributed by atoms with Gasteiger partial charge in [-0.3, -0.25) is 9.78 Å². The van der Waals surface area contributed by atoms with E-state index in [0.29, 0.717) is 17.3 Å². The van der Waals surface area contributed by atoms with Gasteiger partial charge in [0.2, 0.25) is 0 Å². The Morgan fingerprint density at radius 2 is 2.39 bits per heavy atom. The van der Waals surface area contributed by atoms with Crippen molar-refractivity contribution >= 4 is 21.8 Å². The second-order valence-electron chi connectivity index (χ2n) is 4.73. The van der Waals surface area contributed by atoms with E-state index in [0.717, 1.165) is 12.8 Å². The van der Waals surface area contributed by atoms with Gasteiger partial charge in [0.05, 0.1) is 11.8 Å². The predicted molar refractivity (Wildman–Crippen MR) is 72.9 cm³/mol. The maximum Gasteiger partial charge on any atom is 0.255 e. The van der Waals surface area contributed by atoms with Crippen molar-refractivity contribution in [1.82, 2.24) is 10.3 Å². The Bertz CT molecular complexity index is 425. The molecule has 0 aromatic carbocycles. The standard InChI is InChI=1S/C13H17BrN2O2/c14-10-3-1-2-9(6-10)7-16-13(18)11-4-5-15-8-12(11)17/h4-5,8-10,17H,1-3,6-7H2,(H,16,18). The number of carbonyl (C=O) groups is 1. The van der Waals surface area contributed by atoms with Gasteiger partial charge in [-0.25, -0.2) is 0 Å². The summed E-state index contributed by atoms with van der Waals surface area (Å²) < 4.78 is 0. The first-order valence-electron chi connectivity index (χ1n) is 6.22. The van der Waals surface area contributed by atoms with Gasteiger partial charge in [0.15, 0.2) is 0 Å². The molecule has 0 spiro atoms. The Balaban J connectivity index is 1.87. The van der Waals surface area contributed by atoms with Crippen LogP contribution in [0.25, 0.3) is 0 Å². The lowest BCUT2D eigenvalue weighted by Gasteiger charge is -2.25. The second kappa shape index (κ2) is 6.18. The molecule has 0 bridgehead atoms. The fourth-order valence-corrected chi connectivity index (χ4v) is 3.17. The minimum Gasteiger partial charge on any atom is -0.505 e. The third kappa shape index (κ3) is 3.45. The van der Waals surface area contributed by atoms with E-state index in [1.807, 2.05) is 0 Å². The summed E-state index contributed by atoms with van der Waals surface area (Å²) in [4.78, 5) is 16.2. The van der Waals surface area contributed by atoms with Crippen LogP contribution in [0.15, 0.2) is 18.5 Å². The van der Waals surface area contributed by atoms with Crippen LogP contribution < -0.4 is 5.32 Å². The van der Waals surface area contributed by atoms with Crippen molar-refractivity contribution in [1.29, 1.82) is 0 Å². The Labute approximate surface area is 115 Å². The third-order valence-electron chi connectivity index (χ3n) is 3.31. The van der Waals surface area contributed by atoms with Crippen LogP contribution in [0, 0.1) is 5.92 Å². The molecule has 1 aromatic rings. The number of rotatable bonds is 3. The lowest BCUT2D eigenvalue weighted by molar-refractivity contribution is 0.0941. The Morgan fingerprint density at radius 3 is 3.11 bits per heavy atom. The lowest BCUT2D eigenvalue weighted by Crippen LogP contribution is -2.32. The van der Waals surface area contributed by atoms with Crippen molar-refractivity contribution in [2.45, 2.75) is 30.5 Å². The smallest absolute Gasteiger partial charge is 0.255 e. The van der Waals surface area contributed by atoms with Crippen LogP contribution in [0.2, 0.25) is 0 Å². The number of aromatic nitrogens is 1. The van der Waals surface area contributed by atoms with Crippen molar-refractivity contribution < 1.29 is 9.90 Å². The van der Waals surface area contributed by atoms with E-state index in [4.69, 9.17) is 0 Å². The second-order valence-corrected chi connectivity index (χ2v) is 6.03. The largest absolute Gasteiger partial charge is 0.505 e. The molecule has 2 rings (SSSR count). The molecule has 1 aliphatic rings. The number of hydrogen-bond acceptors (Lipinski definition) is 3. The van der Waals surface area contributed by atoms with Crippen molar-refractivity contribution in [3.05, 3.63) is 24.0 Å². The number of aromatic hydroxyl groups is 1. The molecule has 98 valence electrons.